The predicted molar refractivity (Wildman–Crippen MR) is 98.5 cm³/mol. The summed E-state index contributed by atoms with van der Waals surface area (Å²) in [5, 5.41) is 6.35. The number of anilines is 3. The van der Waals surface area contributed by atoms with Gasteiger partial charge in [-0.3, -0.25) is 4.79 Å². The molecule has 1 fully saturated rings. The Morgan fingerprint density at radius 2 is 2.04 bits per heavy atom. The van der Waals surface area contributed by atoms with Gasteiger partial charge in [0.2, 0.25) is 5.88 Å². The molecule has 0 radical (unpaired) electrons. The van der Waals surface area contributed by atoms with Crippen LogP contribution in [0.15, 0.2) is 24.5 Å². The standard InChI is InChI=1S/C17H23N7O2/c1-26-14-7-6-10(8-20-14)22-17-15(16(19)25)21-9-13(24-17)23-12-5-3-2-4-11(12)18/h6-9,11-12H,2-5,18H2,1H3,(H2,19,25)(H2,22,23,24)/t11-,12+/m0/s1. The van der Waals surface area contributed by atoms with Crippen molar-refractivity contribution in [3.8, 4) is 5.88 Å². The summed E-state index contributed by atoms with van der Waals surface area (Å²) in [5.41, 5.74) is 12.3. The fraction of sp³-hybridized carbons (Fsp3) is 0.412. The van der Waals surface area contributed by atoms with Crippen LogP contribution in [0.5, 0.6) is 5.88 Å². The predicted octanol–water partition coefficient (Wildman–Crippen LogP) is 1.40. The molecular weight excluding hydrogens is 334 g/mol. The Hall–Kier alpha value is -2.94. The van der Waals surface area contributed by atoms with Gasteiger partial charge in [-0.15, -0.1) is 0 Å². The number of carbonyl (C=O) groups is 1. The van der Waals surface area contributed by atoms with E-state index in [0.29, 0.717) is 17.4 Å². The lowest BCUT2D eigenvalue weighted by atomic mass is 9.91. The van der Waals surface area contributed by atoms with E-state index in [2.05, 4.69) is 25.6 Å². The molecule has 0 bridgehead atoms. The SMILES string of the molecule is COc1ccc(Nc2nc(N[C@@H]3CCCC[C@@H]3N)cnc2C(N)=O)cn1. The average Bonchev–Trinajstić information content (AvgIpc) is 2.64. The number of carbonyl (C=O) groups excluding carboxylic acids is 1. The van der Waals surface area contributed by atoms with Crippen LogP contribution in [-0.2, 0) is 0 Å². The summed E-state index contributed by atoms with van der Waals surface area (Å²) in [4.78, 5) is 24.4. The highest BCUT2D eigenvalue weighted by molar-refractivity contribution is 5.96. The summed E-state index contributed by atoms with van der Waals surface area (Å²) in [6, 6.07) is 3.66. The Morgan fingerprint density at radius 1 is 1.23 bits per heavy atom. The van der Waals surface area contributed by atoms with E-state index >= 15 is 0 Å². The summed E-state index contributed by atoms with van der Waals surface area (Å²) < 4.78 is 5.03. The van der Waals surface area contributed by atoms with Gasteiger partial charge < -0.3 is 26.8 Å². The van der Waals surface area contributed by atoms with Crippen LogP contribution in [-0.4, -0.2) is 40.1 Å². The number of ether oxygens (including phenoxy) is 1. The van der Waals surface area contributed by atoms with Gasteiger partial charge in [0.1, 0.15) is 5.82 Å². The van der Waals surface area contributed by atoms with Gasteiger partial charge in [0, 0.05) is 18.2 Å². The zero-order valence-corrected chi connectivity index (χ0v) is 14.6. The van der Waals surface area contributed by atoms with Crippen molar-refractivity contribution < 1.29 is 9.53 Å². The van der Waals surface area contributed by atoms with E-state index in [-0.39, 0.29) is 23.6 Å². The van der Waals surface area contributed by atoms with E-state index in [1.165, 1.54) is 13.3 Å². The van der Waals surface area contributed by atoms with E-state index in [9.17, 15) is 4.79 Å². The molecule has 0 aliphatic heterocycles. The van der Waals surface area contributed by atoms with Crippen LogP contribution in [0.1, 0.15) is 36.2 Å². The minimum atomic E-state index is -0.664. The first-order chi connectivity index (χ1) is 12.6. The number of nitrogens with one attached hydrogen (secondary N) is 2. The van der Waals surface area contributed by atoms with Crippen LogP contribution >= 0.6 is 0 Å². The summed E-state index contributed by atoms with van der Waals surface area (Å²) in [6.07, 6.45) is 7.30. The summed E-state index contributed by atoms with van der Waals surface area (Å²) in [7, 11) is 1.54. The third-order valence-corrected chi connectivity index (χ3v) is 4.37. The van der Waals surface area contributed by atoms with Crippen molar-refractivity contribution in [3.63, 3.8) is 0 Å². The highest BCUT2D eigenvalue weighted by atomic mass is 16.5. The maximum atomic E-state index is 11.7. The Kier molecular flexibility index (Phi) is 5.47. The smallest absolute Gasteiger partial charge is 0.271 e. The molecule has 2 heterocycles. The monoisotopic (exact) mass is 357 g/mol. The second kappa shape index (κ2) is 7.96. The Labute approximate surface area is 151 Å². The molecule has 3 rings (SSSR count). The fourth-order valence-electron chi connectivity index (χ4n) is 2.97. The number of nitrogens with two attached hydrogens (primary N) is 2. The maximum absolute atomic E-state index is 11.7. The highest BCUT2D eigenvalue weighted by Crippen LogP contribution is 2.23. The number of hydrogen-bond acceptors (Lipinski definition) is 8. The first-order valence-corrected chi connectivity index (χ1v) is 8.53. The first kappa shape index (κ1) is 17.9. The lowest BCUT2D eigenvalue weighted by Gasteiger charge is -2.29. The molecule has 9 nitrogen and oxygen atoms in total. The number of pyridine rings is 1. The summed E-state index contributed by atoms with van der Waals surface area (Å²) >= 11 is 0. The molecule has 26 heavy (non-hydrogen) atoms. The zero-order valence-electron chi connectivity index (χ0n) is 14.6. The number of nitrogens with zero attached hydrogens (tertiary/aromatic N) is 3. The Bertz CT molecular complexity index is 766. The van der Waals surface area contributed by atoms with E-state index in [4.69, 9.17) is 16.2 Å². The van der Waals surface area contributed by atoms with Crippen molar-refractivity contribution in [2.75, 3.05) is 17.7 Å². The molecule has 1 aliphatic carbocycles. The number of methoxy groups -OCH3 is 1. The van der Waals surface area contributed by atoms with Gasteiger partial charge in [-0.1, -0.05) is 12.8 Å². The maximum Gasteiger partial charge on any atom is 0.271 e. The second-order valence-corrected chi connectivity index (χ2v) is 6.23. The lowest BCUT2D eigenvalue weighted by Crippen LogP contribution is -2.42. The molecule has 1 amide bonds. The van der Waals surface area contributed by atoms with Gasteiger partial charge >= 0.3 is 0 Å². The quantitative estimate of drug-likeness (QED) is 0.608. The summed E-state index contributed by atoms with van der Waals surface area (Å²) in [6.45, 7) is 0. The van der Waals surface area contributed by atoms with Crippen molar-refractivity contribution >= 4 is 23.2 Å². The van der Waals surface area contributed by atoms with Gasteiger partial charge in [0.15, 0.2) is 11.5 Å². The minimum absolute atomic E-state index is 0.0549. The average molecular weight is 357 g/mol. The number of primary amides is 1. The van der Waals surface area contributed by atoms with Crippen LogP contribution in [0.3, 0.4) is 0 Å². The van der Waals surface area contributed by atoms with Gasteiger partial charge in [-0.05, 0) is 18.9 Å². The molecule has 0 aromatic carbocycles. The first-order valence-electron chi connectivity index (χ1n) is 8.53. The Morgan fingerprint density at radius 3 is 2.69 bits per heavy atom. The number of amides is 1. The van der Waals surface area contributed by atoms with Crippen LogP contribution in [0.25, 0.3) is 0 Å². The molecule has 2 atom stereocenters. The third-order valence-electron chi connectivity index (χ3n) is 4.37. The molecule has 9 heteroatoms. The Balaban J connectivity index is 1.82. The van der Waals surface area contributed by atoms with E-state index in [0.717, 1.165) is 25.7 Å². The van der Waals surface area contributed by atoms with Crippen LogP contribution in [0, 0.1) is 0 Å². The lowest BCUT2D eigenvalue weighted by molar-refractivity contribution is 0.0996. The minimum Gasteiger partial charge on any atom is -0.481 e. The van der Waals surface area contributed by atoms with Gasteiger partial charge in [-0.2, -0.15) is 0 Å². The molecule has 1 saturated carbocycles. The van der Waals surface area contributed by atoms with Crippen LogP contribution in [0.4, 0.5) is 17.3 Å². The van der Waals surface area contributed by atoms with E-state index < -0.39 is 5.91 Å². The number of rotatable bonds is 6. The van der Waals surface area contributed by atoms with Crippen molar-refractivity contribution in [2.24, 2.45) is 11.5 Å². The van der Waals surface area contributed by atoms with Crippen molar-refractivity contribution in [3.05, 3.63) is 30.2 Å². The molecule has 1 aliphatic rings. The van der Waals surface area contributed by atoms with Crippen molar-refractivity contribution in [1.82, 2.24) is 15.0 Å². The van der Waals surface area contributed by atoms with Crippen molar-refractivity contribution in [2.45, 2.75) is 37.8 Å². The zero-order chi connectivity index (χ0) is 18.5. The van der Waals surface area contributed by atoms with Gasteiger partial charge in [0.25, 0.3) is 5.91 Å². The number of aromatic nitrogens is 3. The molecule has 0 unspecified atom stereocenters. The second-order valence-electron chi connectivity index (χ2n) is 6.23. The van der Waals surface area contributed by atoms with E-state index in [1.54, 1.807) is 18.3 Å². The molecule has 2 aromatic rings. The van der Waals surface area contributed by atoms with Crippen LogP contribution in [0.2, 0.25) is 0 Å². The highest BCUT2D eigenvalue weighted by Gasteiger charge is 2.22. The number of hydrogen-bond donors (Lipinski definition) is 4. The van der Waals surface area contributed by atoms with Gasteiger partial charge in [0.05, 0.1) is 25.2 Å². The normalized spacial score (nSPS) is 19.6. The molecule has 138 valence electrons. The molecule has 0 saturated heterocycles. The third kappa shape index (κ3) is 4.17. The fourth-order valence-corrected chi connectivity index (χ4v) is 2.97. The van der Waals surface area contributed by atoms with Gasteiger partial charge in [-0.25, -0.2) is 15.0 Å². The molecule has 6 N–H and O–H groups in total. The summed E-state index contributed by atoms with van der Waals surface area (Å²) in [5.74, 6) is 0.626. The van der Waals surface area contributed by atoms with Crippen molar-refractivity contribution in [1.29, 1.82) is 0 Å². The topological polar surface area (TPSA) is 141 Å². The molecule has 2 aromatic heterocycles. The molecule has 0 spiro atoms. The van der Waals surface area contributed by atoms with E-state index in [1.807, 2.05) is 0 Å². The molecular formula is C17H23N7O2. The van der Waals surface area contributed by atoms with Crippen LogP contribution < -0.4 is 26.8 Å². The largest absolute Gasteiger partial charge is 0.481 e.